The highest BCUT2D eigenvalue weighted by Gasteiger charge is 2.19. The van der Waals surface area contributed by atoms with Crippen LogP contribution in [-0.2, 0) is 16.8 Å². The third-order valence-electron chi connectivity index (χ3n) is 3.07. The average molecular weight is 271 g/mol. The van der Waals surface area contributed by atoms with E-state index in [1.807, 2.05) is 18.5 Å². The third-order valence-corrected chi connectivity index (χ3v) is 3.07. The third kappa shape index (κ3) is 3.39. The Morgan fingerprint density at radius 1 is 1.30 bits per heavy atom. The molecule has 2 rings (SSSR count). The number of carbonyl (C=O) groups excluding carboxylic acids is 1. The van der Waals surface area contributed by atoms with Gasteiger partial charge in [-0.25, -0.2) is 0 Å². The first-order valence-electron chi connectivity index (χ1n) is 6.82. The Balaban J connectivity index is 2.29. The normalized spacial score (nSPS) is 11.8. The number of aromatic nitrogens is 2. The number of fused-ring (bicyclic) bond motifs is 1. The fourth-order valence-electron chi connectivity index (χ4n) is 2.13. The van der Waals surface area contributed by atoms with Gasteiger partial charge in [0.1, 0.15) is 5.78 Å². The van der Waals surface area contributed by atoms with Crippen molar-refractivity contribution in [3.8, 4) is 0 Å². The second-order valence-corrected chi connectivity index (χ2v) is 6.13. The van der Waals surface area contributed by atoms with Crippen molar-refractivity contribution in [2.75, 3.05) is 6.54 Å². The summed E-state index contributed by atoms with van der Waals surface area (Å²) in [5.41, 5.74) is 3.01. The Morgan fingerprint density at radius 2 is 2.05 bits per heavy atom. The van der Waals surface area contributed by atoms with Crippen molar-refractivity contribution in [1.29, 1.82) is 0 Å². The van der Waals surface area contributed by atoms with E-state index in [2.05, 4.69) is 42.1 Å². The molecule has 0 aliphatic carbocycles. The predicted molar refractivity (Wildman–Crippen MR) is 80.6 cm³/mol. The van der Waals surface area contributed by atoms with Crippen molar-refractivity contribution >= 4 is 16.7 Å². The highest BCUT2D eigenvalue weighted by atomic mass is 16.1. The van der Waals surface area contributed by atoms with Crippen molar-refractivity contribution in [3.63, 3.8) is 0 Å². The van der Waals surface area contributed by atoms with Crippen LogP contribution in [0.4, 0.5) is 0 Å². The molecule has 4 nitrogen and oxygen atoms in total. The van der Waals surface area contributed by atoms with Crippen LogP contribution in [0.2, 0.25) is 0 Å². The highest BCUT2D eigenvalue weighted by Crippen LogP contribution is 2.26. The summed E-state index contributed by atoms with van der Waals surface area (Å²) in [6.45, 7) is 9.03. The minimum absolute atomic E-state index is 0.0269. The summed E-state index contributed by atoms with van der Waals surface area (Å²) in [6, 6.07) is 4.08. The van der Waals surface area contributed by atoms with Crippen LogP contribution in [0.15, 0.2) is 24.5 Å². The molecule has 0 saturated carbocycles. The molecule has 0 aliphatic rings. The maximum absolute atomic E-state index is 10.9. The van der Waals surface area contributed by atoms with Crippen LogP contribution >= 0.6 is 0 Å². The highest BCUT2D eigenvalue weighted by molar-refractivity contribution is 5.81. The van der Waals surface area contributed by atoms with Gasteiger partial charge in [-0.3, -0.25) is 14.8 Å². The van der Waals surface area contributed by atoms with Crippen molar-refractivity contribution in [1.82, 2.24) is 15.3 Å². The summed E-state index contributed by atoms with van der Waals surface area (Å²) < 4.78 is 0. The number of pyridine rings is 2. The lowest BCUT2D eigenvalue weighted by Gasteiger charge is -2.19. The molecule has 0 unspecified atom stereocenters. The van der Waals surface area contributed by atoms with E-state index in [9.17, 15) is 4.79 Å². The van der Waals surface area contributed by atoms with Gasteiger partial charge in [0, 0.05) is 29.7 Å². The number of carbonyl (C=O) groups is 1. The van der Waals surface area contributed by atoms with Gasteiger partial charge >= 0.3 is 0 Å². The lowest BCUT2D eigenvalue weighted by molar-refractivity contribution is -0.116. The zero-order chi connectivity index (χ0) is 14.8. The fourth-order valence-corrected chi connectivity index (χ4v) is 2.13. The smallest absolute Gasteiger partial charge is 0.143 e. The quantitative estimate of drug-likeness (QED) is 0.928. The van der Waals surface area contributed by atoms with Gasteiger partial charge in [0.2, 0.25) is 0 Å². The summed E-state index contributed by atoms with van der Waals surface area (Å²) >= 11 is 0. The molecule has 0 aromatic carbocycles. The molecule has 0 atom stereocenters. The molecule has 2 heterocycles. The maximum Gasteiger partial charge on any atom is 0.143 e. The molecule has 0 saturated heterocycles. The molecule has 0 bridgehead atoms. The van der Waals surface area contributed by atoms with Gasteiger partial charge < -0.3 is 5.32 Å². The van der Waals surface area contributed by atoms with E-state index >= 15 is 0 Å². The second-order valence-electron chi connectivity index (χ2n) is 6.13. The Kier molecular flexibility index (Phi) is 4.14. The molecule has 4 heteroatoms. The van der Waals surface area contributed by atoms with Crippen molar-refractivity contribution < 1.29 is 4.79 Å². The van der Waals surface area contributed by atoms with Crippen molar-refractivity contribution in [3.05, 3.63) is 35.8 Å². The van der Waals surface area contributed by atoms with Crippen LogP contribution in [-0.4, -0.2) is 22.3 Å². The molecule has 0 spiro atoms. The molecule has 20 heavy (non-hydrogen) atoms. The maximum atomic E-state index is 10.9. The first kappa shape index (κ1) is 14.6. The standard InChI is InChI=1S/C16H21N3O/c1-11(20)8-17-9-12-7-13-5-6-18-15(16(2,3)4)14(13)19-10-12/h5-7,10,17H,8-9H2,1-4H3. The largest absolute Gasteiger partial charge is 0.306 e. The van der Waals surface area contributed by atoms with E-state index in [0.717, 1.165) is 22.2 Å². The summed E-state index contributed by atoms with van der Waals surface area (Å²) in [5, 5.41) is 4.20. The minimum Gasteiger partial charge on any atom is -0.306 e. The minimum atomic E-state index is -0.0269. The number of Topliss-reactive ketones (excluding diaryl/α,β-unsaturated/α-hetero) is 1. The Morgan fingerprint density at radius 3 is 2.70 bits per heavy atom. The number of nitrogens with zero attached hydrogens (tertiary/aromatic N) is 2. The van der Waals surface area contributed by atoms with E-state index in [4.69, 9.17) is 0 Å². The van der Waals surface area contributed by atoms with Gasteiger partial charge in [0.15, 0.2) is 0 Å². The van der Waals surface area contributed by atoms with E-state index in [-0.39, 0.29) is 11.2 Å². The summed E-state index contributed by atoms with van der Waals surface area (Å²) in [7, 11) is 0. The van der Waals surface area contributed by atoms with Gasteiger partial charge in [-0.2, -0.15) is 0 Å². The monoisotopic (exact) mass is 271 g/mol. The van der Waals surface area contributed by atoms with Gasteiger partial charge in [-0.05, 0) is 24.6 Å². The van der Waals surface area contributed by atoms with Crippen LogP contribution in [0.25, 0.3) is 10.9 Å². The first-order valence-corrected chi connectivity index (χ1v) is 6.82. The lowest BCUT2D eigenvalue weighted by atomic mass is 9.90. The Bertz CT molecular complexity index is 629. The second kappa shape index (κ2) is 5.67. The molecule has 2 aromatic rings. The van der Waals surface area contributed by atoms with Crippen LogP contribution in [0, 0.1) is 0 Å². The van der Waals surface area contributed by atoms with Gasteiger partial charge in [0.05, 0.1) is 17.8 Å². The zero-order valence-corrected chi connectivity index (χ0v) is 12.5. The van der Waals surface area contributed by atoms with E-state index in [1.165, 1.54) is 0 Å². The van der Waals surface area contributed by atoms with Crippen LogP contribution in [0.1, 0.15) is 39.0 Å². The Hall–Kier alpha value is -1.81. The SMILES string of the molecule is CC(=O)CNCc1cnc2c(C(C)(C)C)nccc2c1. The van der Waals surface area contributed by atoms with Crippen LogP contribution in [0.5, 0.6) is 0 Å². The summed E-state index contributed by atoms with van der Waals surface area (Å²) in [6.07, 6.45) is 3.68. The van der Waals surface area contributed by atoms with Gasteiger partial charge in [-0.1, -0.05) is 20.8 Å². The number of ketones is 1. The van der Waals surface area contributed by atoms with E-state index < -0.39 is 0 Å². The molecule has 1 N–H and O–H groups in total. The first-order chi connectivity index (χ1) is 9.38. The van der Waals surface area contributed by atoms with Crippen molar-refractivity contribution in [2.24, 2.45) is 0 Å². The van der Waals surface area contributed by atoms with Gasteiger partial charge in [0.25, 0.3) is 0 Å². The molecular formula is C16H21N3O. The molecule has 106 valence electrons. The molecule has 0 amide bonds. The number of hydrogen-bond donors (Lipinski definition) is 1. The van der Waals surface area contributed by atoms with Crippen LogP contribution < -0.4 is 5.32 Å². The summed E-state index contributed by atoms with van der Waals surface area (Å²) in [4.78, 5) is 19.9. The Labute approximate surface area is 119 Å². The number of hydrogen-bond acceptors (Lipinski definition) is 4. The number of nitrogens with one attached hydrogen (secondary N) is 1. The zero-order valence-electron chi connectivity index (χ0n) is 12.5. The fraction of sp³-hybridized carbons (Fsp3) is 0.438. The number of rotatable bonds is 4. The molecule has 0 aliphatic heterocycles. The summed E-state index contributed by atoms with van der Waals surface area (Å²) in [5.74, 6) is 0.137. The van der Waals surface area contributed by atoms with Crippen LogP contribution in [0.3, 0.4) is 0 Å². The van der Waals surface area contributed by atoms with E-state index in [1.54, 1.807) is 6.92 Å². The average Bonchev–Trinajstić information content (AvgIpc) is 2.36. The topological polar surface area (TPSA) is 54.9 Å². The lowest BCUT2D eigenvalue weighted by Crippen LogP contribution is -2.20. The van der Waals surface area contributed by atoms with Crippen molar-refractivity contribution in [2.45, 2.75) is 39.7 Å². The molecule has 0 radical (unpaired) electrons. The molecular weight excluding hydrogens is 250 g/mol. The predicted octanol–water partition coefficient (Wildman–Crippen LogP) is 2.61. The molecule has 0 fully saturated rings. The van der Waals surface area contributed by atoms with Gasteiger partial charge in [-0.15, -0.1) is 0 Å². The van der Waals surface area contributed by atoms with E-state index in [0.29, 0.717) is 13.1 Å². The molecule has 2 aromatic heterocycles.